The van der Waals surface area contributed by atoms with Gasteiger partial charge in [-0.15, -0.1) is 11.8 Å². The molecule has 1 heterocycles. The third-order valence-electron chi connectivity index (χ3n) is 10.3. The first-order valence-electron chi connectivity index (χ1n) is 19.0. The Kier molecular flexibility index (Phi) is 11.6. The lowest BCUT2D eigenvalue weighted by Crippen LogP contribution is -2.52. The second-order valence-electron chi connectivity index (χ2n) is 14.1. The maximum Gasteiger partial charge on any atom is 0.359 e. The molecule has 0 radical (unpaired) electrons. The molecule has 10 nitrogen and oxygen atoms in total. The summed E-state index contributed by atoms with van der Waals surface area (Å²) in [5.74, 6) is -0.717. The lowest BCUT2D eigenvalue weighted by atomic mass is 10.0. The van der Waals surface area contributed by atoms with Crippen molar-refractivity contribution in [2.75, 3.05) is 18.6 Å². The first kappa shape index (κ1) is 39.6. The molecular weight excluding hydrogens is 782 g/mol. The van der Waals surface area contributed by atoms with E-state index in [2.05, 4.69) is 10.6 Å². The van der Waals surface area contributed by atoms with E-state index >= 15 is 0 Å². The van der Waals surface area contributed by atoms with Crippen molar-refractivity contribution in [3.05, 3.63) is 180 Å². The SMILES string of the molecule is COc1ccc([C@H]2Sc3ccccc3N(CC(=O)NCc3cccc4ccccc34)C(=O)[C@@H]2NC(=O)c2cccc3cc(P(=O)(O)OCc4ccccc4)ccc23)cc1. The van der Waals surface area contributed by atoms with Crippen molar-refractivity contribution in [3.63, 3.8) is 0 Å². The molecule has 296 valence electrons. The number of methoxy groups -OCH3 is 1. The molecule has 3 amide bonds. The summed E-state index contributed by atoms with van der Waals surface area (Å²) in [6.45, 7) is -0.0704. The van der Waals surface area contributed by atoms with Crippen molar-refractivity contribution in [3.8, 4) is 5.75 Å². The quantitative estimate of drug-likeness (QED) is 0.105. The smallest absolute Gasteiger partial charge is 0.359 e. The highest BCUT2D eigenvalue weighted by Crippen LogP contribution is 2.46. The molecule has 1 unspecified atom stereocenters. The van der Waals surface area contributed by atoms with E-state index in [4.69, 9.17) is 9.26 Å². The molecule has 3 atom stereocenters. The zero-order valence-electron chi connectivity index (χ0n) is 32.0. The van der Waals surface area contributed by atoms with E-state index in [1.807, 2.05) is 103 Å². The molecule has 1 aliphatic heterocycles. The fourth-order valence-electron chi connectivity index (χ4n) is 7.27. The predicted molar refractivity (Wildman–Crippen MR) is 232 cm³/mol. The standard InChI is InChI=1S/C47H40N3O7PS/c1-56-36-23-21-33(22-24-36)45-44(49-46(52)40-18-10-15-34-27-37(25-26-39(34)40)58(54,55)57-30-31-11-3-2-4-12-31)47(53)50(41-19-7-8-20-42(41)59-45)29-43(51)48-28-35-16-9-14-32-13-5-6-17-38(32)35/h2-27,44-45H,28-30H2,1H3,(H,48,51)(H,49,52)(H,54,55)/t44-,45-/m1/s1. The highest BCUT2D eigenvalue weighted by atomic mass is 32.2. The number of amides is 3. The van der Waals surface area contributed by atoms with Crippen LogP contribution in [-0.4, -0.2) is 42.3 Å². The summed E-state index contributed by atoms with van der Waals surface area (Å²) < 4.78 is 24.2. The van der Waals surface area contributed by atoms with Crippen LogP contribution in [0.1, 0.15) is 32.3 Å². The summed E-state index contributed by atoms with van der Waals surface area (Å²) in [6, 6.07) is 46.3. The van der Waals surface area contributed by atoms with Crippen LogP contribution < -0.4 is 25.6 Å². The lowest BCUT2D eigenvalue weighted by molar-refractivity contribution is -0.124. The fraction of sp³-hybridized carbons (Fsp3) is 0.128. The Morgan fingerprint density at radius 2 is 1.49 bits per heavy atom. The van der Waals surface area contributed by atoms with Crippen molar-refractivity contribution in [1.82, 2.24) is 10.6 Å². The summed E-state index contributed by atoms with van der Waals surface area (Å²) in [7, 11) is -2.65. The van der Waals surface area contributed by atoms with Crippen molar-refractivity contribution in [1.29, 1.82) is 0 Å². The van der Waals surface area contributed by atoms with Gasteiger partial charge in [-0.25, -0.2) is 0 Å². The third-order valence-corrected chi connectivity index (χ3v) is 13.1. The van der Waals surface area contributed by atoms with Gasteiger partial charge in [0.15, 0.2) is 0 Å². The van der Waals surface area contributed by atoms with E-state index in [1.165, 1.54) is 22.7 Å². The molecule has 0 spiro atoms. The van der Waals surface area contributed by atoms with Crippen LogP contribution in [0.4, 0.5) is 5.69 Å². The molecule has 7 aromatic carbocycles. The second kappa shape index (κ2) is 17.3. The highest BCUT2D eigenvalue weighted by molar-refractivity contribution is 7.99. The number of thioether (sulfide) groups is 1. The first-order chi connectivity index (χ1) is 28.7. The van der Waals surface area contributed by atoms with Gasteiger partial charge < -0.3 is 29.7 Å². The number of rotatable bonds is 12. The molecule has 0 aromatic heterocycles. The molecule has 0 saturated carbocycles. The molecule has 59 heavy (non-hydrogen) atoms. The van der Waals surface area contributed by atoms with Gasteiger partial charge >= 0.3 is 7.60 Å². The first-order valence-corrected chi connectivity index (χ1v) is 21.4. The second-order valence-corrected chi connectivity index (χ2v) is 17.1. The predicted octanol–water partition coefficient (Wildman–Crippen LogP) is 8.32. The number of carbonyl (C=O) groups is 3. The minimum atomic E-state index is -4.22. The van der Waals surface area contributed by atoms with Crippen molar-refractivity contribution in [2.24, 2.45) is 0 Å². The molecule has 8 rings (SSSR count). The molecule has 0 bridgehead atoms. The van der Waals surface area contributed by atoms with Crippen molar-refractivity contribution >= 4 is 69.6 Å². The molecule has 0 fully saturated rings. The number of nitrogens with zero attached hydrogens (tertiary/aromatic N) is 1. The van der Waals surface area contributed by atoms with Gasteiger partial charge in [-0.1, -0.05) is 115 Å². The van der Waals surface area contributed by atoms with Crippen LogP contribution in [-0.2, 0) is 31.8 Å². The van der Waals surface area contributed by atoms with Gasteiger partial charge in [0.05, 0.1) is 30.0 Å². The van der Waals surface area contributed by atoms with E-state index in [-0.39, 0.29) is 36.5 Å². The Balaban J connectivity index is 1.09. The van der Waals surface area contributed by atoms with Gasteiger partial charge in [-0.2, -0.15) is 0 Å². The summed E-state index contributed by atoms with van der Waals surface area (Å²) >= 11 is 1.42. The fourth-order valence-corrected chi connectivity index (χ4v) is 9.65. The molecule has 12 heteroatoms. The monoisotopic (exact) mass is 821 g/mol. The average molecular weight is 822 g/mol. The number of benzene rings is 7. The minimum absolute atomic E-state index is 0.0509. The zero-order valence-corrected chi connectivity index (χ0v) is 33.7. The van der Waals surface area contributed by atoms with E-state index in [0.717, 1.165) is 32.4 Å². The number of ether oxygens (including phenoxy) is 1. The summed E-state index contributed by atoms with van der Waals surface area (Å²) in [6.07, 6.45) is 0. The number of carbonyl (C=O) groups excluding carboxylic acids is 3. The molecule has 7 aromatic rings. The number of para-hydroxylation sites is 1. The number of hydrogen-bond acceptors (Lipinski definition) is 7. The van der Waals surface area contributed by atoms with Gasteiger partial charge in [0.1, 0.15) is 18.3 Å². The molecule has 0 saturated heterocycles. The minimum Gasteiger partial charge on any atom is -0.497 e. The Labute approximate surface area is 345 Å². The zero-order chi connectivity index (χ0) is 40.9. The van der Waals surface area contributed by atoms with Crippen molar-refractivity contribution in [2.45, 2.75) is 29.3 Å². The largest absolute Gasteiger partial charge is 0.497 e. The average Bonchev–Trinajstić information content (AvgIpc) is 3.38. The maximum absolute atomic E-state index is 15.0. The number of nitrogens with one attached hydrogen (secondary N) is 2. The van der Waals surface area contributed by atoms with Crippen LogP contribution in [0.5, 0.6) is 5.75 Å². The van der Waals surface area contributed by atoms with E-state index in [9.17, 15) is 23.8 Å². The van der Waals surface area contributed by atoms with Crippen LogP contribution >= 0.6 is 19.4 Å². The molecule has 3 N–H and O–H groups in total. The molecular formula is C47H40N3O7PS. The molecule has 0 aliphatic carbocycles. The summed E-state index contributed by atoms with van der Waals surface area (Å²) in [5, 5.41) is 8.68. The van der Waals surface area contributed by atoms with Crippen LogP contribution in [0.2, 0.25) is 0 Å². The van der Waals surface area contributed by atoms with Crippen molar-refractivity contribution < 1.29 is 33.1 Å². The maximum atomic E-state index is 15.0. The Morgan fingerprint density at radius 1 is 0.780 bits per heavy atom. The summed E-state index contributed by atoms with van der Waals surface area (Å²) in [5.41, 5.74) is 3.29. The Hall–Kier alpha value is -6.23. The summed E-state index contributed by atoms with van der Waals surface area (Å²) in [4.78, 5) is 56.3. The van der Waals surface area contributed by atoms with E-state index < -0.39 is 30.7 Å². The molecule has 1 aliphatic rings. The van der Waals surface area contributed by atoms with Gasteiger partial charge in [0.25, 0.3) is 11.8 Å². The topological polar surface area (TPSA) is 134 Å². The number of fused-ring (bicyclic) bond motifs is 3. The normalized spacial score (nSPS) is 16.2. The van der Waals surface area contributed by atoms with E-state index in [1.54, 1.807) is 55.6 Å². The third kappa shape index (κ3) is 8.65. The van der Waals surface area contributed by atoms with Crippen LogP contribution in [0.25, 0.3) is 21.5 Å². The van der Waals surface area contributed by atoms with Crippen LogP contribution in [0.15, 0.2) is 163 Å². The lowest BCUT2D eigenvalue weighted by Gasteiger charge is -2.29. The van der Waals surface area contributed by atoms with E-state index in [0.29, 0.717) is 22.2 Å². The van der Waals surface area contributed by atoms with Gasteiger partial charge in [-0.3, -0.25) is 18.9 Å². The highest BCUT2D eigenvalue weighted by Gasteiger charge is 2.40. The number of hydrogen-bond donors (Lipinski definition) is 3. The Bertz CT molecular complexity index is 2720. The van der Waals surface area contributed by atoms with Gasteiger partial charge in [-0.05, 0) is 80.7 Å². The van der Waals surface area contributed by atoms with Crippen LogP contribution in [0, 0.1) is 0 Å². The van der Waals surface area contributed by atoms with Gasteiger partial charge in [0, 0.05) is 17.0 Å². The Morgan fingerprint density at radius 3 is 2.31 bits per heavy atom. The number of anilines is 1. The van der Waals surface area contributed by atoms with Gasteiger partial charge in [0.2, 0.25) is 5.91 Å². The van der Waals surface area contributed by atoms with Crippen LogP contribution in [0.3, 0.4) is 0 Å².